The number of nitrogens with zero attached hydrogens (tertiary/aromatic N) is 2. The monoisotopic (exact) mass is 258 g/mol. The summed E-state index contributed by atoms with van der Waals surface area (Å²) >= 11 is 0. The largest absolute Gasteiger partial charge is 0.382 e. The molecular formula is C13H30N4O. The van der Waals surface area contributed by atoms with Crippen molar-refractivity contribution in [2.24, 2.45) is 4.99 Å². The molecule has 2 N–H and O–H groups in total. The van der Waals surface area contributed by atoms with Crippen molar-refractivity contribution in [2.45, 2.75) is 27.2 Å². The molecule has 0 amide bonds. The molecular weight excluding hydrogens is 228 g/mol. The van der Waals surface area contributed by atoms with Crippen molar-refractivity contribution in [3.8, 4) is 0 Å². The van der Waals surface area contributed by atoms with Crippen LogP contribution >= 0.6 is 0 Å². The second-order valence-corrected chi connectivity index (χ2v) is 4.00. The van der Waals surface area contributed by atoms with Gasteiger partial charge in [0.2, 0.25) is 0 Å². The van der Waals surface area contributed by atoms with Crippen molar-refractivity contribution < 1.29 is 4.74 Å². The Morgan fingerprint density at radius 3 is 2.33 bits per heavy atom. The molecule has 108 valence electrons. The van der Waals surface area contributed by atoms with E-state index in [2.05, 4.69) is 34.4 Å². The highest BCUT2D eigenvalue weighted by Gasteiger charge is 2.00. The first-order valence-electron chi connectivity index (χ1n) is 7.03. The molecule has 0 aromatic heterocycles. The Hall–Kier alpha value is -0.810. The predicted octanol–water partition coefficient (Wildman–Crippen LogP) is 0.920. The Bertz CT molecular complexity index is 205. The van der Waals surface area contributed by atoms with E-state index in [1.165, 1.54) is 0 Å². The van der Waals surface area contributed by atoms with Crippen LogP contribution in [0.4, 0.5) is 0 Å². The van der Waals surface area contributed by atoms with Crippen molar-refractivity contribution in [2.75, 3.05) is 53.0 Å². The molecule has 0 aliphatic heterocycles. The number of rotatable bonds is 10. The van der Waals surface area contributed by atoms with Crippen LogP contribution in [0.2, 0.25) is 0 Å². The van der Waals surface area contributed by atoms with Crippen LogP contribution in [-0.2, 0) is 4.74 Å². The van der Waals surface area contributed by atoms with Gasteiger partial charge in [0.05, 0.1) is 0 Å². The van der Waals surface area contributed by atoms with Gasteiger partial charge in [-0.25, -0.2) is 0 Å². The normalized spacial score (nSPS) is 11.9. The Labute approximate surface area is 112 Å². The molecule has 0 rings (SSSR count). The van der Waals surface area contributed by atoms with Gasteiger partial charge in [0.25, 0.3) is 0 Å². The maximum absolute atomic E-state index is 5.28. The quantitative estimate of drug-likeness (QED) is 0.347. The van der Waals surface area contributed by atoms with Gasteiger partial charge in [-0.2, -0.15) is 0 Å². The van der Waals surface area contributed by atoms with Crippen LogP contribution in [0.3, 0.4) is 0 Å². The molecule has 0 aromatic rings. The summed E-state index contributed by atoms with van der Waals surface area (Å²) in [4.78, 5) is 6.57. The summed E-state index contributed by atoms with van der Waals surface area (Å²) in [6.07, 6.45) is 1.00. The Morgan fingerprint density at radius 1 is 1.11 bits per heavy atom. The zero-order chi connectivity index (χ0) is 13.6. The van der Waals surface area contributed by atoms with Crippen molar-refractivity contribution in [1.29, 1.82) is 0 Å². The van der Waals surface area contributed by atoms with Gasteiger partial charge in [-0.05, 0) is 26.4 Å². The fourth-order valence-corrected chi connectivity index (χ4v) is 1.62. The highest BCUT2D eigenvalue weighted by atomic mass is 16.5. The van der Waals surface area contributed by atoms with Gasteiger partial charge in [0.15, 0.2) is 5.96 Å². The number of hydrogen-bond donors (Lipinski definition) is 2. The molecule has 0 unspecified atom stereocenters. The standard InChI is InChI=1S/C13H30N4O/c1-5-17(6-2)11-10-16-13(14-4)15-9-8-12-18-7-3/h5-12H2,1-4H3,(H2,14,15,16). The van der Waals surface area contributed by atoms with E-state index in [9.17, 15) is 0 Å². The number of likely N-dealkylation sites (N-methyl/N-ethyl adjacent to an activating group) is 1. The lowest BCUT2D eigenvalue weighted by atomic mass is 10.4. The Kier molecular flexibility index (Phi) is 12.1. The summed E-state index contributed by atoms with van der Waals surface area (Å²) in [6.45, 7) is 13.0. The minimum Gasteiger partial charge on any atom is -0.382 e. The van der Waals surface area contributed by atoms with Gasteiger partial charge >= 0.3 is 0 Å². The van der Waals surface area contributed by atoms with Crippen molar-refractivity contribution in [3.05, 3.63) is 0 Å². The maximum atomic E-state index is 5.28. The Morgan fingerprint density at radius 2 is 1.78 bits per heavy atom. The number of ether oxygens (including phenoxy) is 1. The van der Waals surface area contributed by atoms with Crippen LogP contribution in [0.1, 0.15) is 27.2 Å². The van der Waals surface area contributed by atoms with E-state index < -0.39 is 0 Å². The molecule has 0 aliphatic carbocycles. The van der Waals surface area contributed by atoms with Gasteiger partial charge in [-0.15, -0.1) is 0 Å². The van der Waals surface area contributed by atoms with E-state index in [0.29, 0.717) is 0 Å². The number of aliphatic imine (C=N–C) groups is 1. The molecule has 0 saturated carbocycles. The highest BCUT2D eigenvalue weighted by molar-refractivity contribution is 5.79. The second kappa shape index (κ2) is 12.6. The average Bonchev–Trinajstić information content (AvgIpc) is 2.41. The van der Waals surface area contributed by atoms with Crippen molar-refractivity contribution >= 4 is 5.96 Å². The van der Waals surface area contributed by atoms with E-state index in [4.69, 9.17) is 4.74 Å². The third-order valence-corrected chi connectivity index (χ3v) is 2.80. The first-order valence-corrected chi connectivity index (χ1v) is 7.03. The first-order chi connectivity index (χ1) is 8.78. The Balaban J connectivity index is 3.59. The van der Waals surface area contributed by atoms with Crippen LogP contribution in [0, 0.1) is 0 Å². The molecule has 0 fully saturated rings. The van der Waals surface area contributed by atoms with Gasteiger partial charge in [-0.3, -0.25) is 4.99 Å². The van der Waals surface area contributed by atoms with Crippen LogP contribution in [0.5, 0.6) is 0 Å². The van der Waals surface area contributed by atoms with E-state index in [0.717, 1.165) is 58.3 Å². The number of hydrogen-bond acceptors (Lipinski definition) is 3. The molecule has 0 heterocycles. The smallest absolute Gasteiger partial charge is 0.191 e. The molecule has 0 bridgehead atoms. The first kappa shape index (κ1) is 17.2. The van der Waals surface area contributed by atoms with Gasteiger partial charge in [0.1, 0.15) is 0 Å². The number of guanidine groups is 1. The molecule has 0 aromatic carbocycles. The highest BCUT2D eigenvalue weighted by Crippen LogP contribution is 1.84. The summed E-state index contributed by atoms with van der Waals surface area (Å²) in [6, 6.07) is 0. The van der Waals surface area contributed by atoms with E-state index in [1.807, 2.05) is 6.92 Å². The van der Waals surface area contributed by atoms with Crippen LogP contribution in [0.25, 0.3) is 0 Å². The molecule has 5 heteroatoms. The molecule has 0 saturated heterocycles. The van der Waals surface area contributed by atoms with E-state index in [1.54, 1.807) is 7.05 Å². The van der Waals surface area contributed by atoms with E-state index >= 15 is 0 Å². The third kappa shape index (κ3) is 9.24. The van der Waals surface area contributed by atoms with Gasteiger partial charge < -0.3 is 20.3 Å². The average molecular weight is 258 g/mol. The van der Waals surface area contributed by atoms with Crippen LogP contribution in [-0.4, -0.2) is 63.8 Å². The lowest BCUT2D eigenvalue weighted by Crippen LogP contribution is -2.42. The molecule has 18 heavy (non-hydrogen) atoms. The zero-order valence-electron chi connectivity index (χ0n) is 12.5. The van der Waals surface area contributed by atoms with Crippen LogP contribution in [0.15, 0.2) is 4.99 Å². The fourth-order valence-electron chi connectivity index (χ4n) is 1.62. The maximum Gasteiger partial charge on any atom is 0.191 e. The summed E-state index contributed by atoms with van der Waals surface area (Å²) < 4.78 is 5.28. The minimum absolute atomic E-state index is 0.789. The molecule has 0 radical (unpaired) electrons. The van der Waals surface area contributed by atoms with Gasteiger partial charge in [-0.1, -0.05) is 13.8 Å². The predicted molar refractivity (Wildman–Crippen MR) is 78.3 cm³/mol. The third-order valence-electron chi connectivity index (χ3n) is 2.80. The van der Waals surface area contributed by atoms with Gasteiger partial charge in [0, 0.05) is 39.9 Å². The lowest BCUT2D eigenvalue weighted by molar-refractivity contribution is 0.145. The summed E-state index contributed by atoms with van der Waals surface area (Å²) in [5.41, 5.74) is 0. The fraction of sp³-hybridized carbons (Fsp3) is 0.923. The molecule has 0 aliphatic rings. The van der Waals surface area contributed by atoms with Crippen molar-refractivity contribution in [1.82, 2.24) is 15.5 Å². The van der Waals surface area contributed by atoms with Crippen molar-refractivity contribution in [3.63, 3.8) is 0 Å². The second-order valence-electron chi connectivity index (χ2n) is 4.00. The van der Waals surface area contributed by atoms with Crippen LogP contribution < -0.4 is 10.6 Å². The topological polar surface area (TPSA) is 48.9 Å². The molecule has 5 nitrogen and oxygen atoms in total. The lowest BCUT2D eigenvalue weighted by Gasteiger charge is -2.19. The van der Waals surface area contributed by atoms with E-state index in [-0.39, 0.29) is 0 Å². The summed E-state index contributed by atoms with van der Waals surface area (Å²) in [5, 5.41) is 6.59. The molecule has 0 atom stereocenters. The SMILES string of the molecule is CCOCCCNC(=NC)NCCN(CC)CC. The minimum atomic E-state index is 0.789. The number of nitrogens with one attached hydrogen (secondary N) is 2. The summed E-state index contributed by atoms with van der Waals surface area (Å²) in [7, 11) is 1.80. The summed E-state index contributed by atoms with van der Waals surface area (Å²) in [5.74, 6) is 0.874. The molecule has 0 spiro atoms. The zero-order valence-corrected chi connectivity index (χ0v) is 12.5.